The van der Waals surface area contributed by atoms with Crippen LogP contribution < -0.4 is 5.43 Å². The lowest BCUT2D eigenvalue weighted by atomic mass is 10.0. The van der Waals surface area contributed by atoms with E-state index in [0.29, 0.717) is 0 Å². The van der Waals surface area contributed by atoms with Gasteiger partial charge in [-0.05, 0) is 45.1 Å². The molecule has 2 aromatic rings. The van der Waals surface area contributed by atoms with E-state index in [1.54, 1.807) is 0 Å². The first-order chi connectivity index (χ1) is 10.2. The highest BCUT2D eigenvalue weighted by Crippen LogP contribution is 2.21. The summed E-state index contributed by atoms with van der Waals surface area (Å²) in [6, 6.07) is 10.5. The van der Waals surface area contributed by atoms with Crippen molar-refractivity contribution in [1.82, 2.24) is 9.97 Å². The zero-order chi connectivity index (χ0) is 14.7. The van der Waals surface area contributed by atoms with E-state index < -0.39 is 0 Å². The summed E-state index contributed by atoms with van der Waals surface area (Å²) in [5, 5.41) is 4.61. The molecule has 0 saturated heterocycles. The number of aromatic nitrogens is 2. The molecule has 1 aromatic carbocycles. The highest BCUT2D eigenvalue weighted by molar-refractivity contribution is 6.02. The summed E-state index contributed by atoms with van der Waals surface area (Å²) < 4.78 is 0. The summed E-state index contributed by atoms with van der Waals surface area (Å²) >= 11 is 0. The van der Waals surface area contributed by atoms with Crippen molar-refractivity contribution in [3.63, 3.8) is 0 Å². The highest BCUT2D eigenvalue weighted by Gasteiger charge is 2.13. The topological polar surface area (TPSA) is 50.2 Å². The molecule has 0 atom stereocenters. The largest absolute Gasteiger partial charge is 0.261 e. The predicted molar refractivity (Wildman–Crippen MR) is 85.7 cm³/mol. The van der Waals surface area contributed by atoms with Gasteiger partial charge in [0.15, 0.2) is 0 Å². The lowest BCUT2D eigenvalue weighted by Crippen LogP contribution is -2.06. The molecule has 0 saturated carbocycles. The molecule has 0 aliphatic heterocycles. The molecule has 21 heavy (non-hydrogen) atoms. The summed E-state index contributed by atoms with van der Waals surface area (Å²) in [6.07, 6.45) is 4.55. The van der Waals surface area contributed by atoms with Crippen LogP contribution in [0.4, 0.5) is 5.82 Å². The molecule has 1 aliphatic carbocycles. The van der Waals surface area contributed by atoms with Gasteiger partial charge in [0.2, 0.25) is 0 Å². The summed E-state index contributed by atoms with van der Waals surface area (Å²) in [4.78, 5) is 8.65. The Morgan fingerprint density at radius 1 is 1.05 bits per heavy atom. The molecule has 3 rings (SSSR count). The Labute approximate surface area is 125 Å². The minimum Gasteiger partial charge on any atom is -0.261 e. The molecule has 4 nitrogen and oxygen atoms in total. The van der Waals surface area contributed by atoms with E-state index in [1.807, 2.05) is 19.9 Å². The first-order valence-electron chi connectivity index (χ1n) is 7.45. The van der Waals surface area contributed by atoms with Crippen LogP contribution >= 0.6 is 0 Å². The highest BCUT2D eigenvalue weighted by atomic mass is 15.3. The van der Waals surface area contributed by atoms with Gasteiger partial charge in [0, 0.05) is 17.3 Å². The summed E-state index contributed by atoms with van der Waals surface area (Å²) in [5.41, 5.74) is 7.84. The number of hydrazone groups is 1. The third kappa shape index (κ3) is 3.27. The molecule has 0 amide bonds. The minimum atomic E-state index is 0.759. The number of benzene rings is 1. The molecule has 1 N–H and O–H groups in total. The fourth-order valence-corrected chi connectivity index (χ4v) is 2.78. The lowest BCUT2D eigenvalue weighted by molar-refractivity contribution is 0.775. The second-order valence-electron chi connectivity index (χ2n) is 5.48. The number of fused-ring (bicyclic) bond motifs is 1. The normalized spacial score (nSPS) is 16.4. The van der Waals surface area contributed by atoms with Crippen molar-refractivity contribution in [1.29, 1.82) is 0 Å². The Hall–Kier alpha value is -2.23. The average Bonchev–Trinajstić information content (AvgIpc) is 2.66. The molecule has 1 aliphatic rings. The predicted octanol–water partition coefficient (Wildman–Crippen LogP) is 3.64. The molecule has 0 bridgehead atoms. The van der Waals surface area contributed by atoms with Crippen LogP contribution in [0.15, 0.2) is 35.4 Å². The standard InChI is InChI=1S/C17H20N4/c1-12-11-17(19-13(2)18-12)21-20-16-10-6-4-8-14-7-3-5-9-15(14)16/h3,5,7,9,11H,4,6,8,10H2,1-2H3,(H,18,19,21). The van der Waals surface area contributed by atoms with Crippen molar-refractivity contribution in [3.8, 4) is 0 Å². The van der Waals surface area contributed by atoms with Gasteiger partial charge in [-0.2, -0.15) is 5.10 Å². The molecule has 108 valence electrons. The van der Waals surface area contributed by atoms with Crippen molar-refractivity contribution in [2.75, 3.05) is 5.43 Å². The summed E-state index contributed by atoms with van der Waals surface area (Å²) in [6.45, 7) is 3.86. The SMILES string of the molecule is Cc1cc(NN=C2CCCCc3ccccc32)nc(C)n1. The minimum absolute atomic E-state index is 0.759. The molecule has 4 heteroatoms. The first-order valence-corrected chi connectivity index (χ1v) is 7.45. The number of nitrogens with zero attached hydrogens (tertiary/aromatic N) is 3. The van der Waals surface area contributed by atoms with Crippen molar-refractivity contribution in [2.24, 2.45) is 5.10 Å². The Kier molecular flexibility index (Phi) is 3.95. The number of aryl methyl sites for hydroxylation is 3. The molecular formula is C17H20N4. The summed E-state index contributed by atoms with van der Waals surface area (Å²) in [7, 11) is 0. The Balaban J connectivity index is 1.89. The van der Waals surface area contributed by atoms with Crippen molar-refractivity contribution >= 4 is 11.5 Å². The van der Waals surface area contributed by atoms with E-state index in [9.17, 15) is 0 Å². The Morgan fingerprint density at radius 2 is 1.86 bits per heavy atom. The van der Waals surface area contributed by atoms with E-state index in [4.69, 9.17) is 0 Å². The van der Waals surface area contributed by atoms with Crippen LogP contribution in [0, 0.1) is 13.8 Å². The molecular weight excluding hydrogens is 260 g/mol. The van der Waals surface area contributed by atoms with Crippen LogP contribution in [0.5, 0.6) is 0 Å². The molecule has 0 unspecified atom stereocenters. The smallest absolute Gasteiger partial charge is 0.150 e. The monoisotopic (exact) mass is 280 g/mol. The number of rotatable bonds is 2. The van der Waals surface area contributed by atoms with E-state index in [-0.39, 0.29) is 0 Å². The number of hydrogen-bond donors (Lipinski definition) is 1. The van der Waals surface area contributed by atoms with E-state index in [1.165, 1.54) is 24.0 Å². The van der Waals surface area contributed by atoms with Crippen LogP contribution in [0.2, 0.25) is 0 Å². The zero-order valence-electron chi connectivity index (χ0n) is 12.6. The quantitative estimate of drug-likeness (QED) is 0.675. The van der Waals surface area contributed by atoms with E-state index in [0.717, 1.165) is 35.9 Å². The number of nitrogens with one attached hydrogen (secondary N) is 1. The molecule has 0 radical (unpaired) electrons. The Bertz CT molecular complexity index is 656. The second kappa shape index (κ2) is 6.04. The zero-order valence-corrected chi connectivity index (χ0v) is 12.6. The van der Waals surface area contributed by atoms with Gasteiger partial charge in [-0.3, -0.25) is 5.43 Å². The van der Waals surface area contributed by atoms with Gasteiger partial charge < -0.3 is 0 Å². The third-order valence-electron chi connectivity index (χ3n) is 3.71. The van der Waals surface area contributed by atoms with Crippen molar-refractivity contribution in [2.45, 2.75) is 39.5 Å². The van der Waals surface area contributed by atoms with E-state index >= 15 is 0 Å². The fourth-order valence-electron chi connectivity index (χ4n) is 2.78. The molecule has 1 aromatic heterocycles. The fraction of sp³-hybridized carbons (Fsp3) is 0.353. The van der Waals surface area contributed by atoms with Crippen molar-refractivity contribution < 1.29 is 0 Å². The van der Waals surface area contributed by atoms with Crippen molar-refractivity contribution in [3.05, 3.63) is 53.0 Å². The van der Waals surface area contributed by atoms with Crippen LogP contribution in [0.25, 0.3) is 0 Å². The van der Waals surface area contributed by atoms with Gasteiger partial charge in [-0.25, -0.2) is 9.97 Å². The summed E-state index contributed by atoms with van der Waals surface area (Å²) in [5.74, 6) is 1.52. The third-order valence-corrected chi connectivity index (χ3v) is 3.71. The maximum absolute atomic E-state index is 4.61. The Morgan fingerprint density at radius 3 is 2.71 bits per heavy atom. The molecule has 0 spiro atoms. The van der Waals surface area contributed by atoms with Gasteiger partial charge in [-0.15, -0.1) is 0 Å². The van der Waals surface area contributed by atoms with Gasteiger partial charge in [0.05, 0.1) is 5.71 Å². The van der Waals surface area contributed by atoms with Crippen LogP contribution in [-0.4, -0.2) is 15.7 Å². The first kappa shape index (κ1) is 13.7. The maximum Gasteiger partial charge on any atom is 0.150 e. The van der Waals surface area contributed by atoms with Gasteiger partial charge in [0.1, 0.15) is 11.6 Å². The second-order valence-corrected chi connectivity index (χ2v) is 5.48. The van der Waals surface area contributed by atoms with Crippen LogP contribution in [-0.2, 0) is 6.42 Å². The molecule has 0 fully saturated rings. The average molecular weight is 280 g/mol. The van der Waals surface area contributed by atoms with Gasteiger partial charge >= 0.3 is 0 Å². The van der Waals surface area contributed by atoms with Gasteiger partial charge in [-0.1, -0.05) is 24.3 Å². The van der Waals surface area contributed by atoms with Gasteiger partial charge in [0.25, 0.3) is 0 Å². The number of anilines is 1. The van der Waals surface area contributed by atoms with Crippen LogP contribution in [0.1, 0.15) is 41.9 Å². The van der Waals surface area contributed by atoms with E-state index in [2.05, 4.69) is 44.8 Å². The van der Waals surface area contributed by atoms with Crippen LogP contribution in [0.3, 0.4) is 0 Å². The lowest BCUT2D eigenvalue weighted by Gasteiger charge is -2.08. The maximum atomic E-state index is 4.61. The molecule has 1 heterocycles. The number of hydrogen-bond acceptors (Lipinski definition) is 4.